The van der Waals surface area contributed by atoms with Crippen molar-refractivity contribution in [3.63, 3.8) is 0 Å². The second-order valence-corrected chi connectivity index (χ2v) is 8.46. The molecule has 186 valence electrons. The zero-order valence-electron chi connectivity index (χ0n) is 20.7. The third-order valence-corrected chi connectivity index (χ3v) is 5.85. The molecule has 7 nitrogen and oxygen atoms in total. The van der Waals surface area contributed by atoms with Crippen LogP contribution in [-0.4, -0.2) is 38.4 Å². The molecule has 0 aliphatic heterocycles. The minimum Gasteiger partial charge on any atom is -0.376 e. The highest BCUT2D eigenvalue weighted by molar-refractivity contribution is 6.07. The smallest absolute Gasteiger partial charge is 0.258 e. The molecular weight excluding hydrogens is 464 g/mol. The fourth-order valence-corrected chi connectivity index (χ4v) is 3.80. The Labute approximate surface area is 216 Å². The molecular formula is C30H28N4O3. The van der Waals surface area contributed by atoms with Gasteiger partial charge in [-0.05, 0) is 60.7 Å². The van der Waals surface area contributed by atoms with Gasteiger partial charge in [0.25, 0.3) is 11.8 Å². The molecule has 0 radical (unpaired) electrons. The van der Waals surface area contributed by atoms with E-state index in [1.54, 1.807) is 72.4 Å². The third-order valence-electron chi connectivity index (χ3n) is 5.85. The molecule has 0 aliphatic rings. The maximum Gasteiger partial charge on any atom is 0.258 e. The molecule has 0 heterocycles. The summed E-state index contributed by atoms with van der Waals surface area (Å²) >= 11 is 0. The van der Waals surface area contributed by atoms with Gasteiger partial charge in [-0.2, -0.15) is 0 Å². The first-order valence-electron chi connectivity index (χ1n) is 11.8. The number of rotatable bonds is 8. The summed E-state index contributed by atoms with van der Waals surface area (Å²) in [6, 6.07) is 32.6. The molecule has 4 aromatic rings. The summed E-state index contributed by atoms with van der Waals surface area (Å²) in [5.74, 6) is -0.609. The van der Waals surface area contributed by atoms with Crippen molar-refractivity contribution in [3.8, 4) is 0 Å². The van der Waals surface area contributed by atoms with E-state index >= 15 is 0 Å². The Balaban J connectivity index is 1.35. The van der Waals surface area contributed by atoms with E-state index in [2.05, 4.69) is 10.6 Å². The number of carbonyl (C=O) groups excluding carboxylic acids is 3. The molecule has 0 unspecified atom stereocenters. The predicted octanol–water partition coefficient (Wildman–Crippen LogP) is 5.29. The van der Waals surface area contributed by atoms with E-state index < -0.39 is 0 Å². The molecule has 0 aliphatic carbocycles. The number of benzene rings is 4. The first kappa shape index (κ1) is 25.2. The number of anilines is 4. The second kappa shape index (κ2) is 11.7. The molecule has 37 heavy (non-hydrogen) atoms. The lowest BCUT2D eigenvalue weighted by atomic mass is 10.1. The molecule has 0 bridgehead atoms. The normalized spacial score (nSPS) is 10.3. The minimum atomic E-state index is -0.279. The van der Waals surface area contributed by atoms with Gasteiger partial charge in [-0.25, -0.2) is 0 Å². The topological polar surface area (TPSA) is 81.8 Å². The van der Waals surface area contributed by atoms with E-state index in [0.29, 0.717) is 22.5 Å². The fourth-order valence-electron chi connectivity index (χ4n) is 3.80. The monoisotopic (exact) mass is 492 g/mol. The van der Waals surface area contributed by atoms with Gasteiger partial charge in [0, 0.05) is 48.0 Å². The maximum atomic E-state index is 12.9. The molecule has 4 aromatic carbocycles. The van der Waals surface area contributed by atoms with E-state index in [1.165, 1.54) is 0 Å². The number of nitrogens with one attached hydrogen (secondary N) is 2. The first-order chi connectivity index (χ1) is 17.9. The number of nitrogens with zero attached hydrogens (tertiary/aromatic N) is 2. The van der Waals surface area contributed by atoms with Crippen LogP contribution in [0.1, 0.15) is 20.7 Å². The molecule has 0 spiro atoms. The molecule has 2 N–H and O–H groups in total. The summed E-state index contributed by atoms with van der Waals surface area (Å²) in [6.45, 7) is -0.00569. The zero-order valence-corrected chi connectivity index (χ0v) is 20.7. The van der Waals surface area contributed by atoms with Crippen LogP contribution in [0.5, 0.6) is 0 Å². The highest BCUT2D eigenvalue weighted by atomic mass is 16.2. The Hall–Kier alpha value is -4.91. The van der Waals surface area contributed by atoms with E-state index in [4.69, 9.17) is 0 Å². The van der Waals surface area contributed by atoms with Crippen molar-refractivity contribution in [1.82, 2.24) is 0 Å². The number of carbonyl (C=O) groups is 3. The largest absolute Gasteiger partial charge is 0.376 e. The lowest BCUT2D eigenvalue weighted by Gasteiger charge is -2.18. The lowest BCUT2D eigenvalue weighted by Crippen LogP contribution is -2.27. The Bertz CT molecular complexity index is 1390. The summed E-state index contributed by atoms with van der Waals surface area (Å²) in [5, 5.41) is 5.87. The van der Waals surface area contributed by atoms with Gasteiger partial charge in [-0.1, -0.05) is 48.5 Å². The van der Waals surface area contributed by atoms with Crippen molar-refractivity contribution in [2.75, 3.05) is 41.1 Å². The first-order valence-corrected chi connectivity index (χ1v) is 11.8. The Morgan fingerprint density at radius 1 is 0.595 bits per heavy atom. The van der Waals surface area contributed by atoms with Gasteiger partial charge >= 0.3 is 0 Å². The van der Waals surface area contributed by atoms with E-state index in [0.717, 1.165) is 11.4 Å². The van der Waals surface area contributed by atoms with Crippen LogP contribution in [0.25, 0.3) is 0 Å². The highest BCUT2D eigenvalue weighted by Crippen LogP contribution is 2.19. The molecule has 0 saturated heterocycles. The SMILES string of the molecule is CN(C(=O)c1cccc(NCC(=O)Nc2cccc(C(=O)N(C)c3ccccc3)c2)c1)c1ccccc1. The van der Waals surface area contributed by atoms with Gasteiger partial charge in [-0.3, -0.25) is 14.4 Å². The minimum absolute atomic E-state index is 0.00569. The van der Waals surface area contributed by atoms with Gasteiger partial charge in [-0.15, -0.1) is 0 Å². The number of hydrogen-bond acceptors (Lipinski definition) is 4. The average molecular weight is 493 g/mol. The molecule has 4 rings (SSSR count). The van der Waals surface area contributed by atoms with Crippen molar-refractivity contribution in [2.24, 2.45) is 0 Å². The molecule has 7 heteroatoms. The number of amides is 3. The molecule has 0 saturated carbocycles. The van der Waals surface area contributed by atoms with E-state index in [9.17, 15) is 14.4 Å². The van der Waals surface area contributed by atoms with E-state index in [-0.39, 0.29) is 24.3 Å². The zero-order chi connectivity index (χ0) is 26.2. The molecule has 0 aromatic heterocycles. The van der Waals surface area contributed by atoms with Gasteiger partial charge in [0.2, 0.25) is 5.91 Å². The number of hydrogen-bond donors (Lipinski definition) is 2. The van der Waals surface area contributed by atoms with Crippen molar-refractivity contribution in [2.45, 2.75) is 0 Å². The van der Waals surface area contributed by atoms with Crippen molar-refractivity contribution in [1.29, 1.82) is 0 Å². The van der Waals surface area contributed by atoms with Crippen LogP contribution in [-0.2, 0) is 4.79 Å². The Morgan fingerprint density at radius 2 is 1.05 bits per heavy atom. The summed E-state index contributed by atoms with van der Waals surface area (Å²) in [7, 11) is 3.44. The van der Waals surface area contributed by atoms with Gasteiger partial charge in [0.05, 0.1) is 6.54 Å². The predicted molar refractivity (Wildman–Crippen MR) is 148 cm³/mol. The Morgan fingerprint density at radius 3 is 1.57 bits per heavy atom. The fraction of sp³-hybridized carbons (Fsp3) is 0.100. The molecule has 0 fully saturated rings. The molecule has 0 atom stereocenters. The summed E-state index contributed by atoms with van der Waals surface area (Å²) in [5.41, 5.74) is 3.71. The van der Waals surface area contributed by atoms with Crippen LogP contribution in [0, 0.1) is 0 Å². The maximum absolute atomic E-state index is 12.9. The van der Waals surface area contributed by atoms with Crippen molar-refractivity contribution >= 4 is 40.5 Å². The van der Waals surface area contributed by atoms with Crippen molar-refractivity contribution < 1.29 is 14.4 Å². The van der Waals surface area contributed by atoms with Crippen LogP contribution >= 0.6 is 0 Å². The quantitative estimate of drug-likeness (QED) is 0.350. The number of para-hydroxylation sites is 2. The van der Waals surface area contributed by atoms with Gasteiger partial charge in [0.15, 0.2) is 0 Å². The van der Waals surface area contributed by atoms with Crippen LogP contribution in [0.3, 0.4) is 0 Å². The van der Waals surface area contributed by atoms with Crippen LogP contribution in [0.2, 0.25) is 0 Å². The van der Waals surface area contributed by atoms with Crippen molar-refractivity contribution in [3.05, 3.63) is 120 Å². The summed E-state index contributed by atoms with van der Waals surface area (Å²) in [4.78, 5) is 41.5. The molecule has 3 amide bonds. The standard InChI is InChI=1S/C30H28N4O3/c1-33(26-15-5-3-6-16-26)29(36)22-11-9-13-24(19-22)31-21-28(35)32-25-14-10-12-23(20-25)30(37)34(2)27-17-7-4-8-18-27/h3-20,31H,21H2,1-2H3,(H,32,35). The van der Waals surface area contributed by atoms with Crippen LogP contribution in [0.4, 0.5) is 22.7 Å². The summed E-state index contributed by atoms with van der Waals surface area (Å²) in [6.07, 6.45) is 0. The average Bonchev–Trinajstić information content (AvgIpc) is 2.95. The van der Waals surface area contributed by atoms with E-state index in [1.807, 2.05) is 60.7 Å². The van der Waals surface area contributed by atoms with Crippen LogP contribution in [0.15, 0.2) is 109 Å². The lowest BCUT2D eigenvalue weighted by molar-refractivity contribution is -0.114. The Kier molecular flexibility index (Phi) is 7.95. The second-order valence-electron chi connectivity index (χ2n) is 8.46. The van der Waals surface area contributed by atoms with Crippen LogP contribution < -0.4 is 20.4 Å². The van der Waals surface area contributed by atoms with Gasteiger partial charge < -0.3 is 20.4 Å². The summed E-state index contributed by atoms with van der Waals surface area (Å²) < 4.78 is 0. The van der Waals surface area contributed by atoms with Gasteiger partial charge in [0.1, 0.15) is 0 Å². The highest BCUT2D eigenvalue weighted by Gasteiger charge is 2.15. The third kappa shape index (κ3) is 6.41.